The van der Waals surface area contributed by atoms with Crippen LogP contribution in [0.3, 0.4) is 0 Å². The highest BCUT2D eigenvalue weighted by Crippen LogP contribution is 2.46. The lowest BCUT2D eigenvalue weighted by Gasteiger charge is -2.40. The molecule has 2 heteroatoms. The minimum Gasteiger partial charge on any atom is -0.371 e. The molecule has 1 spiro atoms. The average Bonchev–Trinajstić information content (AvgIpc) is 2.96. The number of anilines is 1. The summed E-state index contributed by atoms with van der Waals surface area (Å²) in [6.45, 7) is 4.28. The van der Waals surface area contributed by atoms with Gasteiger partial charge in [0.2, 0.25) is 0 Å². The van der Waals surface area contributed by atoms with Crippen molar-refractivity contribution in [3.8, 4) is 0 Å². The second-order valence-corrected chi connectivity index (χ2v) is 6.52. The van der Waals surface area contributed by atoms with Crippen molar-refractivity contribution in [1.29, 1.82) is 0 Å². The van der Waals surface area contributed by atoms with E-state index in [1.54, 1.807) is 0 Å². The highest BCUT2D eigenvalue weighted by molar-refractivity contribution is 5.96. The van der Waals surface area contributed by atoms with Crippen LogP contribution in [0.5, 0.6) is 0 Å². The first-order valence-corrected chi connectivity index (χ1v) is 8.11. The summed E-state index contributed by atoms with van der Waals surface area (Å²) in [5.74, 6) is 0.236. The third kappa shape index (κ3) is 2.61. The summed E-state index contributed by atoms with van der Waals surface area (Å²) in [7, 11) is 0. The van der Waals surface area contributed by atoms with Crippen molar-refractivity contribution in [1.82, 2.24) is 0 Å². The minimum atomic E-state index is 0.236. The van der Waals surface area contributed by atoms with Crippen molar-refractivity contribution >= 4 is 11.5 Å². The summed E-state index contributed by atoms with van der Waals surface area (Å²) >= 11 is 0. The zero-order valence-corrected chi connectivity index (χ0v) is 12.5. The molecule has 1 saturated carbocycles. The molecule has 0 radical (unpaired) electrons. The molecule has 1 heterocycles. The number of ketones is 1. The molecule has 0 bridgehead atoms. The third-order valence-corrected chi connectivity index (χ3v) is 5.36. The van der Waals surface area contributed by atoms with Gasteiger partial charge in [0.1, 0.15) is 0 Å². The van der Waals surface area contributed by atoms with E-state index in [-0.39, 0.29) is 5.78 Å². The van der Waals surface area contributed by atoms with Crippen LogP contribution in [0.15, 0.2) is 24.3 Å². The quantitative estimate of drug-likeness (QED) is 0.757. The van der Waals surface area contributed by atoms with E-state index in [0.717, 1.165) is 5.56 Å². The summed E-state index contributed by atoms with van der Waals surface area (Å²) in [5, 5.41) is 0. The molecule has 2 fully saturated rings. The Labute approximate surface area is 122 Å². The van der Waals surface area contributed by atoms with Crippen LogP contribution >= 0.6 is 0 Å². The minimum absolute atomic E-state index is 0.236. The lowest BCUT2D eigenvalue weighted by molar-refractivity contribution is 0.0988. The van der Waals surface area contributed by atoms with E-state index < -0.39 is 0 Å². The van der Waals surface area contributed by atoms with Crippen LogP contribution in [0, 0.1) is 5.41 Å². The Bertz CT molecular complexity index is 461. The van der Waals surface area contributed by atoms with Crippen LogP contribution in [0.2, 0.25) is 0 Å². The van der Waals surface area contributed by atoms with Crippen molar-refractivity contribution in [3.05, 3.63) is 29.8 Å². The summed E-state index contributed by atoms with van der Waals surface area (Å²) in [6.07, 6.45) is 9.06. The molecule has 2 aliphatic rings. The Balaban J connectivity index is 1.64. The molecule has 0 amide bonds. The monoisotopic (exact) mass is 271 g/mol. The first kappa shape index (κ1) is 13.7. The number of hydrogen-bond donors (Lipinski definition) is 0. The number of Topliss-reactive ketones (excluding diaryl/α,β-unsaturated/α-hetero) is 1. The zero-order valence-electron chi connectivity index (χ0n) is 12.5. The second-order valence-electron chi connectivity index (χ2n) is 6.52. The molecule has 20 heavy (non-hydrogen) atoms. The van der Waals surface area contributed by atoms with E-state index in [9.17, 15) is 4.79 Å². The number of carbonyl (C=O) groups is 1. The number of nitrogens with zero attached hydrogens (tertiary/aromatic N) is 1. The normalized spacial score (nSPS) is 21.4. The van der Waals surface area contributed by atoms with Crippen LogP contribution in [0.4, 0.5) is 5.69 Å². The molecule has 1 aliphatic carbocycles. The van der Waals surface area contributed by atoms with Crippen molar-refractivity contribution in [2.45, 2.75) is 51.9 Å². The predicted molar refractivity (Wildman–Crippen MR) is 83.4 cm³/mol. The van der Waals surface area contributed by atoms with Gasteiger partial charge in [0.05, 0.1) is 0 Å². The summed E-state index contributed by atoms with van der Waals surface area (Å²) in [6, 6.07) is 8.22. The fraction of sp³-hybridized carbons (Fsp3) is 0.611. The fourth-order valence-corrected chi connectivity index (χ4v) is 3.93. The van der Waals surface area contributed by atoms with Crippen molar-refractivity contribution in [2.24, 2.45) is 5.41 Å². The molecule has 0 atom stereocenters. The highest BCUT2D eigenvalue weighted by Gasteiger charge is 2.36. The first-order chi connectivity index (χ1) is 9.72. The lowest BCUT2D eigenvalue weighted by atomic mass is 9.77. The molecule has 3 rings (SSSR count). The first-order valence-electron chi connectivity index (χ1n) is 8.11. The zero-order chi connectivity index (χ0) is 14.0. The van der Waals surface area contributed by atoms with Crippen LogP contribution in [-0.4, -0.2) is 18.9 Å². The molecule has 1 aromatic rings. The van der Waals surface area contributed by atoms with Gasteiger partial charge < -0.3 is 4.90 Å². The van der Waals surface area contributed by atoms with Gasteiger partial charge in [-0.2, -0.15) is 0 Å². The largest absolute Gasteiger partial charge is 0.371 e. The Morgan fingerprint density at radius 2 is 1.65 bits per heavy atom. The summed E-state index contributed by atoms with van der Waals surface area (Å²) in [4.78, 5) is 14.1. The average molecular weight is 271 g/mol. The molecule has 1 aliphatic heterocycles. The van der Waals surface area contributed by atoms with Crippen LogP contribution in [-0.2, 0) is 0 Å². The lowest BCUT2D eigenvalue weighted by Crippen LogP contribution is -2.38. The van der Waals surface area contributed by atoms with Gasteiger partial charge in [0.25, 0.3) is 0 Å². The molecule has 1 saturated heterocycles. The Kier molecular flexibility index (Phi) is 3.82. The van der Waals surface area contributed by atoms with Gasteiger partial charge >= 0.3 is 0 Å². The SMILES string of the molecule is CCC(=O)c1ccc(N2CCC3(CCCC3)CC2)cc1. The Morgan fingerprint density at radius 1 is 1.05 bits per heavy atom. The van der Waals surface area contributed by atoms with Crippen molar-refractivity contribution in [2.75, 3.05) is 18.0 Å². The number of benzene rings is 1. The van der Waals surface area contributed by atoms with E-state index in [2.05, 4.69) is 17.0 Å². The van der Waals surface area contributed by atoms with Crippen LogP contribution < -0.4 is 4.90 Å². The van der Waals surface area contributed by atoms with Crippen LogP contribution in [0.25, 0.3) is 0 Å². The van der Waals surface area contributed by atoms with Gasteiger partial charge in [-0.1, -0.05) is 19.8 Å². The molecule has 0 unspecified atom stereocenters. The number of rotatable bonds is 3. The summed E-state index contributed by atoms with van der Waals surface area (Å²) in [5.41, 5.74) is 2.81. The van der Waals surface area contributed by atoms with Gasteiger partial charge in [0, 0.05) is 30.8 Å². The van der Waals surface area contributed by atoms with Gasteiger partial charge in [-0.25, -0.2) is 0 Å². The van der Waals surface area contributed by atoms with Crippen LogP contribution in [0.1, 0.15) is 62.2 Å². The third-order valence-electron chi connectivity index (χ3n) is 5.36. The number of hydrogen-bond acceptors (Lipinski definition) is 2. The Hall–Kier alpha value is -1.31. The maximum Gasteiger partial charge on any atom is 0.162 e. The molecular formula is C18H25NO. The van der Waals surface area contributed by atoms with Crippen molar-refractivity contribution in [3.63, 3.8) is 0 Å². The number of carbonyl (C=O) groups excluding carboxylic acids is 1. The van der Waals surface area contributed by atoms with E-state index >= 15 is 0 Å². The molecule has 108 valence electrons. The highest BCUT2D eigenvalue weighted by atomic mass is 16.1. The van der Waals surface area contributed by atoms with E-state index in [4.69, 9.17) is 0 Å². The summed E-state index contributed by atoms with van der Waals surface area (Å²) < 4.78 is 0. The second kappa shape index (κ2) is 5.59. The molecule has 0 N–H and O–H groups in total. The molecular weight excluding hydrogens is 246 g/mol. The van der Waals surface area contributed by atoms with Gasteiger partial charge in [0.15, 0.2) is 5.78 Å². The van der Waals surface area contributed by atoms with E-state index in [0.29, 0.717) is 11.8 Å². The molecule has 0 aromatic heterocycles. The maximum atomic E-state index is 11.7. The standard InChI is InChI=1S/C18H25NO/c1-2-17(20)15-5-7-16(8-6-15)19-13-11-18(12-14-19)9-3-4-10-18/h5-8H,2-4,9-14H2,1H3. The smallest absolute Gasteiger partial charge is 0.162 e. The number of piperidine rings is 1. The van der Waals surface area contributed by atoms with E-state index in [1.165, 1.54) is 57.3 Å². The van der Waals surface area contributed by atoms with Gasteiger partial charge in [-0.3, -0.25) is 4.79 Å². The fourth-order valence-electron chi connectivity index (χ4n) is 3.93. The molecule has 1 aromatic carbocycles. The maximum absolute atomic E-state index is 11.7. The van der Waals surface area contributed by atoms with Crippen molar-refractivity contribution < 1.29 is 4.79 Å². The van der Waals surface area contributed by atoms with Gasteiger partial charge in [-0.15, -0.1) is 0 Å². The predicted octanol–water partition coefficient (Wildman–Crippen LogP) is 4.44. The Morgan fingerprint density at radius 3 is 2.20 bits per heavy atom. The topological polar surface area (TPSA) is 20.3 Å². The van der Waals surface area contributed by atoms with Gasteiger partial charge in [-0.05, 0) is 55.4 Å². The molecule has 2 nitrogen and oxygen atoms in total. The van der Waals surface area contributed by atoms with E-state index in [1.807, 2.05) is 19.1 Å².